The van der Waals surface area contributed by atoms with Gasteiger partial charge in [-0.1, -0.05) is 0 Å². The molecule has 134 valence electrons. The number of hydrogen-bond donors (Lipinski definition) is 2. The summed E-state index contributed by atoms with van der Waals surface area (Å²) >= 11 is 0. The molecule has 0 spiro atoms. The molecule has 0 saturated carbocycles. The summed E-state index contributed by atoms with van der Waals surface area (Å²) in [6.07, 6.45) is 0. The van der Waals surface area contributed by atoms with Crippen LogP contribution in [0.4, 0.5) is 10.1 Å². The van der Waals surface area contributed by atoms with Crippen LogP contribution in [-0.4, -0.2) is 34.3 Å². The minimum Gasteiger partial charge on any atom is -0.507 e. The molecule has 3 aromatic rings. The maximum Gasteiger partial charge on any atom is 0.339 e. The van der Waals surface area contributed by atoms with Crippen molar-refractivity contribution in [2.45, 2.75) is 19.9 Å². The number of nitrogens with zero attached hydrogens (tertiary/aromatic N) is 2. The van der Waals surface area contributed by atoms with E-state index in [-0.39, 0.29) is 23.2 Å². The van der Waals surface area contributed by atoms with Crippen molar-refractivity contribution in [3.8, 4) is 17.0 Å². The first-order valence-corrected chi connectivity index (χ1v) is 8.17. The van der Waals surface area contributed by atoms with E-state index in [0.29, 0.717) is 16.6 Å². The van der Waals surface area contributed by atoms with Gasteiger partial charge in [0, 0.05) is 30.1 Å². The molecule has 0 aliphatic rings. The molecule has 0 fully saturated rings. The van der Waals surface area contributed by atoms with Crippen molar-refractivity contribution in [1.29, 1.82) is 0 Å². The zero-order valence-corrected chi connectivity index (χ0v) is 14.7. The molecule has 5 nitrogen and oxygen atoms in total. The SMILES string of the molecule is CC(C)N(C)c1cc2cc(C(=O)O)c(O)cc2nc1-c1ccc(F)cc1. The van der Waals surface area contributed by atoms with Gasteiger partial charge in [0.15, 0.2) is 0 Å². The third-order valence-electron chi connectivity index (χ3n) is 4.41. The minimum atomic E-state index is -1.20. The topological polar surface area (TPSA) is 73.7 Å². The number of carboxylic acid groups (broad SMARTS) is 1. The van der Waals surface area contributed by atoms with Gasteiger partial charge in [0.1, 0.15) is 17.1 Å². The second-order valence-corrected chi connectivity index (χ2v) is 6.43. The van der Waals surface area contributed by atoms with E-state index in [1.165, 1.54) is 24.3 Å². The predicted octanol–water partition coefficient (Wildman–Crippen LogP) is 4.29. The van der Waals surface area contributed by atoms with Gasteiger partial charge < -0.3 is 15.1 Å². The van der Waals surface area contributed by atoms with Gasteiger partial charge in [-0.2, -0.15) is 0 Å². The molecule has 1 aromatic heterocycles. The number of rotatable bonds is 4. The third-order valence-corrected chi connectivity index (χ3v) is 4.41. The number of phenols is 1. The van der Waals surface area contributed by atoms with Crippen LogP contribution >= 0.6 is 0 Å². The molecule has 0 aliphatic heterocycles. The molecule has 0 amide bonds. The molecule has 2 N–H and O–H groups in total. The van der Waals surface area contributed by atoms with Crippen LogP contribution in [0.15, 0.2) is 42.5 Å². The zero-order chi connectivity index (χ0) is 19.0. The van der Waals surface area contributed by atoms with Crippen LogP contribution in [0.25, 0.3) is 22.2 Å². The molecule has 3 rings (SSSR count). The molecule has 1 heterocycles. The highest BCUT2D eigenvalue weighted by molar-refractivity contribution is 5.98. The summed E-state index contributed by atoms with van der Waals surface area (Å²) in [5, 5.41) is 19.8. The first-order chi connectivity index (χ1) is 12.3. The molecule has 26 heavy (non-hydrogen) atoms. The Morgan fingerprint density at radius 2 is 1.81 bits per heavy atom. The van der Waals surface area contributed by atoms with Crippen molar-refractivity contribution in [3.05, 3.63) is 53.8 Å². The third kappa shape index (κ3) is 3.18. The summed E-state index contributed by atoms with van der Waals surface area (Å²) in [6.45, 7) is 4.05. The normalized spacial score (nSPS) is 11.1. The Morgan fingerprint density at radius 1 is 1.15 bits per heavy atom. The summed E-state index contributed by atoms with van der Waals surface area (Å²) in [4.78, 5) is 17.9. The summed E-state index contributed by atoms with van der Waals surface area (Å²) in [5.41, 5.74) is 2.45. The second kappa shape index (κ2) is 6.63. The Kier molecular flexibility index (Phi) is 4.50. The Balaban J connectivity index is 2.30. The number of aromatic hydroxyl groups is 1. The number of carboxylic acids is 1. The summed E-state index contributed by atoms with van der Waals surface area (Å²) in [5.74, 6) is -1.88. The van der Waals surface area contributed by atoms with Crippen LogP contribution in [-0.2, 0) is 0 Å². The number of aromatic nitrogens is 1. The quantitative estimate of drug-likeness (QED) is 0.731. The number of fused-ring (bicyclic) bond motifs is 1. The number of benzene rings is 2. The number of halogens is 1. The second-order valence-electron chi connectivity index (χ2n) is 6.43. The lowest BCUT2D eigenvalue weighted by atomic mass is 10.0. The molecule has 0 unspecified atom stereocenters. The van der Waals surface area contributed by atoms with Crippen LogP contribution in [0, 0.1) is 5.82 Å². The van der Waals surface area contributed by atoms with Crippen molar-refractivity contribution in [2.24, 2.45) is 0 Å². The highest BCUT2D eigenvalue weighted by Gasteiger charge is 2.18. The van der Waals surface area contributed by atoms with Crippen LogP contribution in [0.2, 0.25) is 0 Å². The highest BCUT2D eigenvalue weighted by Crippen LogP contribution is 2.35. The Bertz CT molecular complexity index is 985. The number of aromatic carboxylic acids is 1. The van der Waals surface area contributed by atoms with Crippen LogP contribution in [0.1, 0.15) is 24.2 Å². The maximum absolute atomic E-state index is 13.3. The van der Waals surface area contributed by atoms with Gasteiger partial charge in [-0.25, -0.2) is 14.2 Å². The first kappa shape index (κ1) is 17.7. The highest BCUT2D eigenvalue weighted by atomic mass is 19.1. The van der Waals surface area contributed by atoms with Gasteiger partial charge in [0.2, 0.25) is 0 Å². The van der Waals surface area contributed by atoms with Crippen molar-refractivity contribution in [3.63, 3.8) is 0 Å². The number of pyridine rings is 1. The van der Waals surface area contributed by atoms with Gasteiger partial charge in [0.05, 0.1) is 16.9 Å². The summed E-state index contributed by atoms with van der Waals surface area (Å²) in [6, 6.07) is 10.8. The van der Waals surface area contributed by atoms with Gasteiger partial charge in [0.25, 0.3) is 0 Å². The van der Waals surface area contributed by atoms with E-state index in [2.05, 4.69) is 4.98 Å². The van der Waals surface area contributed by atoms with E-state index in [9.17, 15) is 19.4 Å². The molecule has 0 atom stereocenters. The van der Waals surface area contributed by atoms with Gasteiger partial charge >= 0.3 is 5.97 Å². The van der Waals surface area contributed by atoms with E-state index in [4.69, 9.17) is 0 Å². The van der Waals surface area contributed by atoms with Gasteiger partial charge in [-0.3, -0.25) is 0 Å². The average Bonchev–Trinajstić information content (AvgIpc) is 2.60. The van der Waals surface area contributed by atoms with Crippen molar-refractivity contribution in [1.82, 2.24) is 4.98 Å². The van der Waals surface area contributed by atoms with Gasteiger partial charge in [-0.05, 0) is 50.2 Å². The van der Waals surface area contributed by atoms with Crippen molar-refractivity contribution < 1.29 is 19.4 Å². The molecule has 2 aromatic carbocycles. The first-order valence-electron chi connectivity index (χ1n) is 8.17. The molecule has 0 saturated heterocycles. The molecule has 0 bridgehead atoms. The van der Waals surface area contributed by atoms with Gasteiger partial charge in [-0.15, -0.1) is 0 Å². The number of hydrogen-bond acceptors (Lipinski definition) is 4. The fraction of sp³-hybridized carbons (Fsp3) is 0.200. The fourth-order valence-corrected chi connectivity index (χ4v) is 2.74. The standard InChI is InChI=1S/C20H19FN2O3/c1-11(2)23(3)17-9-13-8-15(20(25)26)18(24)10-16(13)22-19(17)12-4-6-14(21)7-5-12/h4-11,24H,1-3H3,(H,25,26). The smallest absolute Gasteiger partial charge is 0.339 e. The largest absolute Gasteiger partial charge is 0.507 e. The van der Waals surface area contributed by atoms with Crippen LogP contribution < -0.4 is 4.90 Å². The van der Waals surface area contributed by atoms with Crippen LogP contribution in [0.3, 0.4) is 0 Å². The lowest BCUT2D eigenvalue weighted by Gasteiger charge is -2.26. The van der Waals surface area contributed by atoms with Crippen molar-refractivity contribution >= 4 is 22.6 Å². The van der Waals surface area contributed by atoms with E-state index in [0.717, 1.165) is 11.3 Å². The van der Waals surface area contributed by atoms with E-state index < -0.39 is 5.97 Å². The average molecular weight is 354 g/mol. The summed E-state index contributed by atoms with van der Waals surface area (Å²) in [7, 11) is 1.92. The fourth-order valence-electron chi connectivity index (χ4n) is 2.74. The lowest BCUT2D eigenvalue weighted by Crippen LogP contribution is -2.26. The van der Waals surface area contributed by atoms with Crippen molar-refractivity contribution in [2.75, 3.05) is 11.9 Å². The van der Waals surface area contributed by atoms with E-state index in [1.54, 1.807) is 12.1 Å². The number of anilines is 1. The maximum atomic E-state index is 13.3. The van der Waals surface area contributed by atoms with E-state index >= 15 is 0 Å². The van der Waals surface area contributed by atoms with Crippen LogP contribution in [0.5, 0.6) is 5.75 Å². The molecular formula is C20H19FN2O3. The minimum absolute atomic E-state index is 0.171. The Morgan fingerprint density at radius 3 is 2.38 bits per heavy atom. The zero-order valence-electron chi connectivity index (χ0n) is 14.7. The molecule has 0 radical (unpaired) electrons. The number of carbonyl (C=O) groups is 1. The Hall–Kier alpha value is -3.15. The molecular weight excluding hydrogens is 335 g/mol. The summed E-state index contributed by atoms with van der Waals surface area (Å²) < 4.78 is 13.3. The Labute approximate surface area is 150 Å². The predicted molar refractivity (Wildman–Crippen MR) is 99.3 cm³/mol. The molecule has 6 heteroatoms. The lowest BCUT2D eigenvalue weighted by molar-refractivity contribution is 0.0694. The molecule has 0 aliphatic carbocycles. The monoisotopic (exact) mass is 354 g/mol. The van der Waals surface area contributed by atoms with E-state index in [1.807, 2.05) is 31.9 Å².